The van der Waals surface area contributed by atoms with Crippen LogP contribution in [0.1, 0.15) is 31.7 Å². The van der Waals surface area contributed by atoms with Gasteiger partial charge in [0.25, 0.3) is 0 Å². The van der Waals surface area contributed by atoms with Crippen molar-refractivity contribution in [2.24, 2.45) is 0 Å². The van der Waals surface area contributed by atoms with Gasteiger partial charge in [0, 0.05) is 5.56 Å². The van der Waals surface area contributed by atoms with Crippen molar-refractivity contribution in [1.82, 2.24) is 15.5 Å². The first-order valence-electron chi connectivity index (χ1n) is 9.66. The number of ether oxygens (including phenoxy) is 1. The molecule has 0 saturated heterocycles. The van der Waals surface area contributed by atoms with Gasteiger partial charge in [0.05, 0.1) is 13.0 Å². The molecule has 0 bridgehead atoms. The summed E-state index contributed by atoms with van der Waals surface area (Å²) in [5, 5.41) is 14.7. The normalized spacial score (nSPS) is 12.6. The highest BCUT2D eigenvalue weighted by atomic mass is 32.1. The minimum Gasteiger partial charge on any atom is -0.497 e. The fourth-order valence-corrected chi connectivity index (χ4v) is 3.73. The number of hydrogen-bond acceptors (Lipinski definition) is 6. The van der Waals surface area contributed by atoms with Crippen LogP contribution in [-0.4, -0.2) is 35.2 Å². The molecule has 0 spiro atoms. The first kappa shape index (κ1) is 21.4. The van der Waals surface area contributed by atoms with Crippen molar-refractivity contribution in [3.8, 4) is 16.3 Å². The second-order valence-corrected chi connectivity index (χ2v) is 7.71. The van der Waals surface area contributed by atoms with E-state index in [-0.39, 0.29) is 17.7 Å². The van der Waals surface area contributed by atoms with Gasteiger partial charge >= 0.3 is 0 Å². The molecule has 3 rings (SSSR count). The number of nitrogens with one attached hydrogen (secondary N) is 2. The van der Waals surface area contributed by atoms with Crippen LogP contribution in [0.3, 0.4) is 0 Å². The zero-order chi connectivity index (χ0) is 21.5. The Morgan fingerprint density at radius 3 is 2.37 bits per heavy atom. The first-order chi connectivity index (χ1) is 14.5. The highest BCUT2D eigenvalue weighted by molar-refractivity contribution is 7.18. The van der Waals surface area contributed by atoms with Crippen molar-refractivity contribution >= 4 is 28.3 Å². The van der Waals surface area contributed by atoms with Crippen LogP contribution in [0.5, 0.6) is 5.75 Å². The summed E-state index contributed by atoms with van der Waals surface area (Å²) in [6.45, 7) is 3.60. The van der Waals surface area contributed by atoms with Gasteiger partial charge in [0.1, 0.15) is 16.8 Å². The Bertz CT molecular complexity index is 989. The second-order valence-electron chi connectivity index (χ2n) is 6.73. The van der Waals surface area contributed by atoms with Crippen molar-refractivity contribution in [2.75, 3.05) is 12.4 Å². The highest BCUT2D eigenvalue weighted by Crippen LogP contribution is 2.28. The zero-order valence-corrected chi connectivity index (χ0v) is 17.9. The molecule has 7 nitrogen and oxygen atoms in total. The predicted molar refractivity (Wildman–Crippen MR) is 118 cm³/mol. The molecule has 3 aromatic rings. The van der Waals surface area contributed by atoms with Crippen molar-refractivity contribution in [3.05, 3.63) is 60.2 Å². The maximum absolute atomic E-state index is 12.7. The van der Waals surface area contributed by atoms with Crippen LogP contribution >= 0.6 is 11.3 Å². The van der Waals surface area contributed by atoms with Gasteiger partial charge in [-0.15, -0.1) is 10.2 Å². The lowest BCUT2D eigenvalue weighted by molar-refractivity contribution is -0.127. The largest absolute Gasteiger partial charge is 0.497 e. The minimum atomic E-state index is -0.705. The molecule has 0 saturated carbocycles. The third kappa shape index (κ3) is 5.21. The molecule has 2 atom stereocenters. The molecule has 2 aromatic carbocycles. The van der Waals surface area contributed by atoms with Crippen molar-refractivity contribution in [3.63, 3.8) is 0 Å². The lowest BCUT2D eigenvalue weighted by Crippen LogP contribution is -2.43. The van der Waals surface area contributed by atoms with E-state index in [1.165, 1.54) is 11.3 Å². The van der Waals surface area contributed by atoms with Crippen LogP contribution in [0, 0.1) is 0 Å². The summed E-state index contributed by atoms with van der Waals surface area (Å²) in [4.78, 5) is 25.2. The van der Waals surface area contributed by atoms with Crippen LogP contribution in [-0.2, 0) is 9.59 Å². The molecule has 0 radical (unpaired) electrons. The van der Waals surface area contributed by atoms with Gasteiger partial charge in [0.15, 0.2) is 0 Å². The Hall–Kier alpha value is -3.26. The van der Waals surface area contributed by atoms with E-state index in [1.54, 1.807) is 14.0 Å². The maximum Gasteiger partial charge on any atom is 0.248 e. The molecule has 2 amide bonds. The van der Waals surface area contributed by atoms with E-state index < -0.39 is 6.04 Å². The summed E-state index contributed by atoms with van der Waals surface area (Å²) in [7, 11) is 1.61. The van der Waals surface area contributed by atoms with Crippen molar-refractivity contribution in [1.29, 1.82) is 0 Å². The number of anilines is 1. The molecule has 1 aromatic heterocycles. The van der Waals surface area contributed by atoms with E-state index in [2.05, 4.69) is 20.8 Å². The van der Waals surface area contributed by atoms with E-state index in [4.69, 9.17) is 4.74 Å². The Balaban J connectivity index is 1.60. The van der Waals surface area contributed by atoms with E-state index in [9.17, 15) is 9.59 Å². The van der Waals surface area contributed by atoms with Crippen LogP contribution in [0.2, 0.25) is 0 Å². The average Bonchev–Trinajstić information content (AvgIpc) is 3.23. The summed E-state index contributed by atoms with van der Waals surface area (Å²) in [6.07, 6.45) is 0.645. The van der Waals surface area contributed by atoms with Gasteiger partial charge in [-0.05, 0) is 43.2 Å². The number of aromatic nitrogens is 2. The number of carbonyl (C=O) groups is 2. The lowest BCUT2D eigenvalue weighted by Gasteiger charge is -2.19. The third-order valence-corrected chi connectivity index (χ3v) is 5.56. The quantitative estimate of drug-likeness (QED) is 0.573. The molecule has 0 unspecified atom stereocenters. The Labute approximate surface area is 179 Å². The summed E-state index contributed by atoms with van der Waals surface area (Å²) >= 11 is 1.26. The van der Waals surface area contributed by atoms with Gasteiger partial charge in [-0.2, -0.15) is 0 Å². The van der Waals surface area contributed by atoms with E-state index in [1.807, 2.05) is 61.5 Å². The molecule has 2 N–H and O–H groups in total. The Morgan fingerprint density at radius 2 is 1.73 bits per heavy atom. The summed E-state index contributed by atoms with van der Waals surface area (Å²) < 4.78 is 5.15. The smallest absolute Gasteiger partial charge is 0.248 e. The van der Waals surface area contributed by atoms with E-state index in [0.29, 0.717) is 16.6 Å². The third-order valence-electron chi connectivity index (χ3n) is 4.67. The number of methoxy groups -OCH3 is 1. The fourth-order valence-electron chi connectivity index (χ4n) is 2.97. The number of amides is 2. The zero-order valence-electron chi connectivity index (χ0n) is 17.1. The SMILES string of the molecule is CC[C@@H](C(=O)N[C@@H](C)C(=O)Nc1nnc(-c2ccc(OC)cc2)s1)c1ccccc1. The molecular weight excluding hydrogens is 400 g/mol. The molecule has 0 aliphatic rings. The number of hydrogen-bond donors (Lipinski definition) is 2. The summed E-state index contributed by atoms with van der Waals surface area (Å²) in [5.74, 6) is -0.0712. The molecule has 0 aliphatic carbocycles. The number of nitrogens with zero attached hydrogens (tertiary/aromatic N) is 2. The molecule has 8 heteroatoms. The molecule has 30 heavy (non-hydrogen) atoms. The number of carbonyl (C=O) groups excluding carboxylic acids is 2. The first-order valence-corrected chi connectivity index (χ1v) is 10.5. The Kier molecular flexibility index (Phi) is 7.13. The Morgan fingerprint density at radius 1 is 1.03 bits per heavy atom. The van der Waals surface area contributed by atoms with Gasteiger partial charge in [0.2, 0.25) is 16.9 Å². The lowest BCUT2D eigenvalue weighted by atomic mass is 9.95. The summed E-state index contributed by atoms with van der Waals surface area (Å²) in [6, 6.07) is 16.3. The van der Waals surface area contributed by atoms with Gasteiger partial charge in [-0.1, -0.05) is 48.6 Å². The number of benzene rings is 2. The van der Waals surface area contributed by atoms with E-state index >= 15 is 0 Å². The molecule has 0 aliphatic heterocycles. The topological polar surface area (TPSA) is 93.2 Å². The van der Waals surface area contributed by atoms with Gasteiger partial charge in [-0.25, -0.2) is 0 Å². The van der Waals surface area contributed by atoms with Crippen LogP contribution in [0.15, 0.2) is 54.6 Å². The molecular formula is C22H24N4O3S. The van der Waals surface area contributed by atoms with Crippen molar-refractivity contribution in [2.45, 2.75) is 32.2 Å². The highest BCUT2D eigenvalue weighted by Gasteiger charge is 2.23. The standard InChI is InChI=1S/C22H24N4O3S/c1-4-18(15-8-6-5-7-9-15)20(28)23-14(2)19(27)24-22-26-25-21(30-22)16-10-12-17(29-3)13-11-16/h5-14,18H,4H2,1-3H3,(H,23,28)(H,24,26,27)/t14-,18+/m0/s1. The number of rotatable bonds is 8. The second kappa shape index (κ2) is 9.98. The monoisotopic (exact) mass is 424 g/mol. The van der Waals surface area contributed by atoms with Crippen molar-refractivity contribution < 1.29 is 14.3 Å². The van der Waals surface area contributed by atoms with Gasteiger partial charge in [-0.3, -0.25) is 14.9 Å². The van der Waals surface area contributed by atoms with E-state index in [0.717, 1.165) is 16.9 Å². The minimum absolute atomic E-state index is 0.178. The van der Waals surface area contributed by atoms with Crippen LogP contribution in [0.25, 0.3) is 10.6 Å². The van der Waals surface area contributed by atoms with Crippen LogP contribution < -0.4 is 15.4 Å². The molecule has 1 heterocycles. The average molecular weight is 425 g/mol. The fraction of sp³-hybridized carbons (Fsp3) is 0.273. The maximum atomic E-state index is 12.7. The molecule has 0 fully saturated rings. The summed E-state index contributed by atoms with van der Waals surface area (Å²) in [5.41, 5.74) is 1.81. The van der Waals surface area contributed by atoms with Gasteiger partial charge < -0.3 is 10.1 Å². The molecule has 156 valence electrons. The van der Waals surface area contributed by atoms with Crippen LogP contribution in [0.4, 0.5) is 5.13 Å². The predicted octanol–water partition coefficient (Wildman–Crippen LogP) is 3.85.